The molecule has 0 aromatic heterocycles. The zero-order chi connectivity index (χ0) is 15.4. The predicted octanol–water partition coefficient (Wildman–Crippen LogP) is 7.29. The van der Waals surface area contributed by atoms with Crippen LogP contribution in [0.4, 0.5) is 0 Å². The molecule has 0 unspecified atom stereocenters. The van der Waals surface area contributed by atoms with Crippen LogP contribution >= 0.6 is 0 Å². The van der Waals surface area contributed by atoms with Crippen molar-refractivity contribution >= 4 is 0 Å². The van der Waals surface area contributed by atoms with E-state index in [1.54, 1.807) is 0 Å². The molecule has 0 bridgehead atoms. The zero-order valence-electron chi connectivity index (χ0n) is 14.4. The molecule has 2 radical (unpaired) electrons. The first-order valence-electron chi connectivity index (χ1n) is 9.46. The summed E-state index contributed by atoms with van der Waals surface area (Å²) in [5.74, 6) is 6.51. The van der Waals surface area contributed by atoms with Gasteiger partial charge in [0, 0.05) is 12.8 Å². The summed E-state index contributed by atoms with van der Waals surface area (Å²) in [6, 6.07) is 0. The van der Waals surface area contributed by atoms with Crippen molar-refractivity contribution in [2.45, 2.75) is 109 Å². The van der Waals surface area contributed by atoms with Crippen LogP contribution in [-0.2, 0) is 0 Å². The van der Waals surface area contributed by atoms with Crippen molar-refractivity contribution in [2.75, 3.05) is 0 Å². The third kappa shape index (κ3) is 19.6. The van der Waals surface area contributed by atoms with E-state index in [1.807, 2.05) is 0 Å². The van der Waals surface area contributed by atoms with Crippen molar-refractivity contribution in [2.24, 2.45) is 0 Å². The van der Waals surface area contributed by atoms with Crippen molar-refractivity contribution in [1.29, 1.82) is 0 Å². The lowest BCUT2D eigenvalue weighted by atomic mass is 10.0. The molecule has 0 nitrogen and oxygen atoms in total. The van der Waals surface area contributed by atoms with Gasteiger partial charge < -0.3 is 0 Å². The first-order chi connectivity index (χ1) is 10.4. The molecule has 0 heteroatoms. The van der Waals surface area contributed by atoms with Gasteiger partial charge >= 0.3 is 0 Å². The Kier molecular flexibility index (Phi) is 19.2. The van der Waals surface area contributed by atoms with E-state index in [-0.39, 0.29) is 0 Å². The van der Waals surface area contributed by atoms with E-state index in [2.05, 4.69) is 25.7 Å². The van der Waals surface area contributed by atoms with E-state index < -0.39 is 0 Å². The van der Waals surface area contributed by atoms with Gasteiger partial charge in [0.1, 0.15) is 0 Å². The minimum absolute atomic E-state index is 1.02. The van der Waals surface area contributed by atoms with E-state index in [4.69, 9.17) is 0 Å². The molecule has 0 atom stereocenters. The first-order valence-corrected chi connectivity index (χ1v) is 9.46. The van der Waals surface area contributed by atoms with Crippen LogP contribution in [-0.4, -0.2) is 0 Å². The highest BCUT2D eigenvalue weighted by Gasteiger charge is 1.93. The summed E-state index contributed by atoms with van der Waals surface area (Å²) in [6.07, 6.45) is 22.3. The number of unbranched alkanes of at least 4 members (excludes halogenated alkanes) is 15. The van der Waals surface area contributed by atoms with Gasteiger partial charge in [0.15, 0.2) is 0 Å². The molecular weight excluding hydrogens is 252 g/mol. The Morgan fingerprint density at radius 2 is 0.714 bits per heavy atom. The van der Waals surface area contributed by atoms with Crippen molar-refractivity contribution in [3.8, 4) is 11.8 Å². The lowest BCUT2D eigenvalue weighted by molar-refractivity contribution is 0.542. The maximum Gasteiger partial charge on any atom is 0.00886 e. The van der Waals surface area contributed by atoms with Crippen LogP contribution in [0.5, 0.6) is 0 Å². The zero-order valence-corrected chi connectivity index (χ0v) is 14.4. The van der Waals surface area contributed by atoms with Crippen LogP contribution in [0.25, 0.3) is 0 Å². The van der Waals surface area contributed by atoms with Crippen LogP contribution in [0.15, 0.2) is 0 Å². The minimum atomic E-state index is 1.02. The monoisotopic (exact) mass is 290 g/mol. The molecule has 0 fully saturated rings. The van der Waals surface area contributed by atoms with E-state index in [9.17, 15) is 0 Å². The van der Waals surface area contributed by atoms with Gasteiger partial charge in [-0.15, -0.1) is 11.8 Å². The number of rotatable bonds is 15. The quantitative estimate of drug-likeness (QED) is 0.219. The summed E-state index contributed by atoms with van der Waals surface area (Å²) in [5, 5.41) is 0. The fraction of sp³-hybridized carbons (Fsp3) is 0.810. The number of hydrogen-bond donors (Lipinski definition) is 0. The highest BCUT2D eigenvalue weighted by atomic mass is 14.0. The molecule has 0 aliphatic rings. The summed E-state index contributed by atoms with van der Waals surface area (Å²) in [5.41, 5.74) is 0. The molecule has 0 rings (SSSR count). The number of hydrogen-bond acceptors (Lipinski definition) is 0. The summed E-state index contributed by atoms with van der Waals surface area (Å²) in [6.45, 7) is 7.71. The molecule has 0 spiro atoms. The fourth-order valence-electron chi connectivity index (χ4n) is 2.55. The molecule has 0 N–H and O–H groups in total. The summed E-state index contributed by atoms with van der Waals surface area (Å²) < 4.78 is 0. The maximum absolute atomic E-state index is 3.89. The average Bonchev–Trinajstić information content (AvgIpc) is 2.50. The smallest absolute Gasteiger partial charge is 0.00886 e. The van der Waals surface area contributed by atoms with E-state index in [0.717, 1.165) is 32.1 Å². The average molecular weight is 291 g/mol. The van der Waals surface area contributed by atoms with Gasteiger partial charge in [-0.3, -0.25) is 0 Å². The molecule has 0 aromatic carbocycles. The van der Waals surface area contributed by atoms with Crippen LogP contribution in [0.2, 0.25) is 0 Å². The van der Waals surface area contributed by atoms with E-state index >= 15 is 0 Å². The lowest BCUT2D eigenvalue weighted by Gasteiger charge is -2.02. The van der Waals surface area contributed by atoms with Crippen LogP contribution in [0.3, 0.4) is 0 Å². The lowest BCUT2D eigenvalue weighted by Crippen LogP contribution is -1.82. The molecule has 0 saturated carbocycles. The van der Waals surface area contributed by atoms with Crippen LogP contribution in [0.1, 0.15) is 109 Å². The van der Waals surface area contributed by atoms with E-state index in [0.29, 0.717) is 0 Å². The summed E-state index contributed by atoms with van der Waals surface area (Å²) in [7, 11) is 0. The van der Waals surface area contributed by atoms with Gasteiger partial charge in [0.25, 0.3) is 0 Å². The normalized spacial score (nSPS) is 10.4. The van der Waals surface area contributed by atoms with Crippen molar-refractivity contribution < 1.29 is 0 Å². The van der Waals surface area contributed by atoms with Gasteiger partial charge in [-0.1, -0.05) is 97.3 Å². The van der Waals surface area contributed by atoms with E-state index in [1.165, 1.54) is 77.0 Å². The van der Waals surface area contributed by atoms with Gasteiger partial charge in [-0.05, 0) is 12.8 Å². The Morgan fingerprint density at radius 3 is 1.14 bits per heavy atom. The van der Waals surface area contributed by atoms with Gasteiger partial charge in [0.05, 0.1) is 0 Å². The Hall–Kier alpha value is -0.440. The molecule has 0 aliphatic carbocycles. The van der Waals surface area contributed by atoms with Gasteiger partial charge in [-0.2, -0.15) is 0 Å². The topological polar surface area (TPSA) is 0 Å². The van der Waals surface area contributed by atoms with Crippen molar-refractivity contribution in [3.63, 3.8) is 0 Å². The van der Waals surface area contributed by atoms with Gasteiger partial charge in [0.2, 0.25) is 0 Å². The third-order valence-corrected chi connectivity index (χ3v) is 3.98. The second-order valence-electron chi connectivity index (χ2n) is 6.16. The molecule has 0 amide bonds. The molecule has 122 valence electrons. The Balaban J connectivity index is 3.00. The predicted molar refractivity (Wildman–Crippen MR) is 97.0 cm³/mol. The minimum Gasteiger partial charge on any atom is -0.103 e. The van der Waals surface area contributed by atoms with Crippen molar-refractivity contribution in [3.05, 3.63) is 13.8 Å². The van der Waals surface area contributed by atoms with Gasteiger partial charge in [-0.25, -0.2) is 0 Å². The first kappa shape index (κ1) is 20.6. The Labute approximate surface area is 135 Å². The van der Waals surface area contributed by atoms with Crippen LogP contribution in [0, 0.1) is 25.7 Å². The molecule has 0 aromatic rings. The Morgan fingerprint density at radius 1 is 0.381 bits per heavy atom. The fourth-order valence-corrected chi connectivity index (χ4v) is 2.55. The van der Waals surface area contributed by atoms with Crippen LogP contribution < -0.4 is 0 Å². The third-order valence-electron chi connectivity index (χ3n) is 3.98. The summed E-state index contributed by atoms with van der Waals surface area (Å²) >= 11 is 0. The largest absolute Gasteiger partial charge is 0.103 e. The maximum atomic E-state index is 3.89. The highest BCUT2D eigenvalue weighted by molar-refractivity contribution is 4.98. The van der Waals surface area contributed by atoms with Crippen molar-refractivity contribution in [1.82, 2.24) is 0 Å². The second kappa shape index (κ2) is 19.6. The molecule has 21 heavy (non-hydrogen) atoms. The Bertz CT molecular complexity index is 230. The highest BCUT2D eigenvalue weighted by Crippen LogP contribution is 2.12. The SMILES string of the molecule is [CH2]CCCC#CCCCCCCCCCCCCCC[CH2]. The molecular formula is C21H38. The molecule has 0 heterocycles. The summed E-state index contributed by atoms with van der Waals surface area (Å²) in [4.78, 5) is 0. The molecule has 0 aliphatic heterocycles. The molecule has 0 saturated heterocycles. The second-order valence-corrected chi connectivity index (χ2v) is 6.16. The standard InChI is InChI=1S/C21H38/c1-3-5-7-9-11-13-15-17-19-21-20-18-16-14-12-10-8-6-4-2/h1-9,11,13-21H2.